The average Bonchev–Trinajstić information content (AvgIpc) is 2.86. The number of nitrogens with two attached hydrogens (primary N) is 1. The maximum atomic E-state index is 12.8. The molecule has 0 unspecified atom stereocenters. The predicted octanol–water partition coefficient (Wildman–Crippen LogP) is 1.93. The molecule has 2 aromatic heterocycles. The number of hydrogen-bond acceptors (Lipinski definition) is 5. The summed E-state index contributed by atoms with van der Waals surface area (Å²) in [4.78, 5) is 4.75. The molecule has 6 nitrogen and oxygen atoms in total. The van der Waals surface area contributed by atoms with Crippen LogP contribution in [-0.2, 0) is 10.0 Å². The van der Waals surface area contributed by atoms with Gasteiger partial charge in [-0.2, -0.15) is 4.31 Å². The number of imidazole rings is 1. The highest BCUT2D eigenvalue weighted by Gasteiger charge is 2.31. The Kier molecular flexibility index (Phi) is 3.70. The van der Waals surface area contributed by atoms with Gasteiger partial charge in [-0.3, -0.25) is 4.40 Å². The van der Waals surface area contributed by atoms with E-state index in [2.05, 4.69) is 4.98 Å². The molecule has 1 aliphatic rings. The Morgan fingerprint density at radius 1 is 1.15 bits per heavy atom. The first-order chi connectivity index (χ1) is 9.60. The molecular formula is C12H18N4O2S2. The highest BCUT2D eigenvalue weighted by molar-refractivity contribution is 7.89. The lowest BCUT2D eigenvalue weighted by atomic mass is 10.1. The van der Waals surface area contributed by atoms with Crippen LogP contribution in [0.3, 0.4) is 0 Å². The summed E-state index contributed by atoms with van der Waals surface area (Å²) in [6.45, 7) is 1.14. The number of rotatable bonds is 2. The van der Waals surface area contributed by atoms with Gasteiger partial charge < -0.3 is 5.73 Å². The molecule has 2 N–H and O–H groups in total. The minimum absolute atomic E-state index is 0.0962. The van der Waals surface area contributed by atoms with Gasteiger partial charge in [0, 0.05) is 24.7 Å². The highest BCUT2D eigenvalue weighted by Crippen LogP contribution is 2.27. The fraction of sp³-hybridized carbons (Fsp3) is 0.583. The molecule has 0 aromatic carbocycles. The van der Waals surface area contributed by atoms with Gasteiger partial charge in [0.05, 0.1) is 0 Å². The maximum Gasteiger partial charge on any atom is 0.262 e. The molecule has 110 valence electrons. The summed E-state index contributed by atoms with van der Waals surface area (Å²) in [5, 5.41) is 1.93. The van der Waals surface area contributed by atoms with Gasteiger partial charge in [0.25, 0.3) is 10.0 Å². The van der Waals surface area contributed by atoms with Crippen molar-refractivity contribution in [1.82, 2.24) is 13.7 Å². The first-order valence-electron chi connectivity index (χ1n) is 6.82. The molecule has 0 aliphatic carbocycles. The van der Waals surface area contributed by atoms with E-state index < -0.39 is 10.0 Å². The third-order valence-electron chi connectivity index (χ3n) is 3.64. The van der Waals surface area contributed by atoms with Gasteiger partial charge in [0.2, 0.25) is 0 Å². The van der Waals surface area contributed by atoms with Crippen LogP contribution in [0.2, 0.25) is 0 Å². The summed E-state index contributed by atoms with van der Waals surface area (Å²) in [7, 11) is -3.57. The Hall–Kier alpha value is -1.12. The molecule has 0 amide bonds. The molecule has 0 atom stereocenters. The van der Waals surface area contributed by atoms with Gasteiger partial charge in [-0.05, 0) is 12.8 Å². The average molecular weight is 314 g/mol. The van der Waals surface area contributed by atoms with Gasteiger partial charge >= 0.3 is 0 Å². The van der Waals surface area contributed by atoms with Gasteiger partial charge in [-0.15, -0.1) is 11.3 Å². The lowest BCUT2D eigenvalue weighted by Crippen LogP contribution is -2.34. The lowest BCUT2D eigenvalue weighted by molar-refractivity contribution is 0.363. The van der Waals surface area contributed by atoms with Crippen LogP contribution in [0, 0.1) is 0 Å². The Morgan fingerprint density at radius 2 is 1.80 bits per heavy atom. The molecule has 0 spiro atoms. The fourth-order valence-electron chi connectivity index (χ4n) is 2.62. The smallest absolute Gasteiger partial charge is 0.262 e. The lowest BCUT2D eigenvalue weighted by Gasteiger charge is -2.23. The van der Waals surface area contributed by atoms with E-state index in [0.29, 0.717) is 18.1 Å². The second-order valence-corrected chi connectivity index (χ2v) is 7.76. The van der Waals surface area contributed by atoms with E-state index in [0.717, 1.165) is 25.7 Å². The van der Waals surface area contributed by atoms with Crippen LogP contribution in [0.25, 0.3) is 4.96 Å². The molecule has 0 bridgehead atoms. The van der Waals surface area contributed by atoms with Crippen LogP contribution in [-0.4, -0.2) is 35.2 Å². The predicted molar refractivity (Wildman–Crippen MR) is 79.3 cm³/mol. The normalized spacial score (nSPS) is 19.0. The van der Waals surface area contributed by atoms with E-state index >= 15 is 0 Å². The number of nitrogen functional groups attached to an aromatic ring is 1. The maximum absolute atomic E-state index is 12.8. The van der Waals surface area contributed by atoms with Crippen molar-refractivity contribution in [3.8, 4) is 0 Å². The van der Waals surface area contributed by atoms with Crippen LogP contribution in [0.5, 0.6) is 0 Å². The Bertz CT molecular complexity index is 696. The molecule has 0 radical (unpaired) electrons. The molecular weight excluding hydrogens is 296 g/mol. The molecule has 3 heterocycles. The second kappa shape index (κ2) is 5.34. The summed E-state index contributed by atoms with van der Waals surface area (Å²) < 4.78 is 28.8. The number of nitrogens with zero attached hydrogens (tertiary/aromatic N) is 3. The summed E-state index contributed by atoms with van der Waals surface area (Å²) in [5.41, 5.74) is 5.83. The number of anilines is 1. The van der Waals surface area contributed by atoms with E-state index in [1.807, 2.05) is 5.38 Å². The van der Waals surface area contributed by atoms with Gasteiger partial charge in [0.15, 0.2) is 15.8 Å². The standard InChI is InChI=1S/C12H18N4O2S2/c13-10-11(16-8-9-19-12(16)14-10)20(17,18)15-6-4-2-1-3-5-7-15/h8-9H,1-7,13H2. The van der Waals surface area contributed by atoms with Crippen molar-refractivity contribution in [3.63, 3.8) is 0 Å². The number of thiazole rings is 1. The Morgan fingerprint density at radius 3 is 2.50 bits per heavy atom. The van der Waals surface area contributed by atoms with Crippen molar-refractivity contribution in [2.75, 3.05) is 18.8 Å². The van der Waals surface area contributed by atoms with Crippen LogP contribution in [0.15, 0.2) is 16.6 Å². The topological polar surface area (TPSA) is 80.7 Å². The van der Waals surface area contributed by atoms with Crippen molar-refractivity contribution in [3.05, 3.63) is 11.6 Å². The van der Waals surface area contributed by atoms with E-state index in [-0.39, 0.29) is 10.8 Å². The molecule has 8 heteroatoms. The van der Waals surface area contributed by atoms with Crippen molar-refractivity contribution in [2.24, 2.45) is 0 Å². The summed E-state index contributed by atoms with van der Waals surface area (Å²) >= 11 is 1.38. The van der Waals surface area contributed by atoms with E-state index in [4.69, 9.17) is 5.73 Å². The first-order valence-corrected chi connectivity index (χ1v) is 9.14. The molecule has 1 fully saturated rings. The number of sulfonamides is 1. The van der Waals surface area contributed by atoms with Crippen LogP contribution < -0.4 is 5.73 Å². The number of fused-ring (bicyclic) bond motifs is 1. The summed E-state index contributed by atoms with van der Waals surface area (Å²) in [6.07, 6.45) is 6.89. The monoisotopic (exact) mass is 314 g/mol. The Balaban J connectivity index is 2.01. The van der Waals surface area contributed by atoms with Crippen LogP contribution in [0.1, 0.15) is 32.1 Å². The molecule has 20 heavy (non-hydrogen) atoms. The second-order valence-electron chi connectivity index (χ2n) is 5.03. The molecule has 3 rings (SSSR count). The van der Waals surface area contributed by atoms with Gasteiger partial charge in [-0.1, -0.05) is 19.3 Å². The molecule has 2 aromatic rings. The van der Waals surface area contributed by atoms with Crippen LogP contribution >= 0.6 is 11.3 Å². The zero-order valence-corrected chi connectivity index (χ0v) is 12.8. The third-order valence-corrected chi connectivity index (χ3v) is 6.34. The minimum atomic E-state index is -3.57. The van der Waals surface area contributed by atoms with E-state index in [1.54, 1.807) is 14.9 Å². The largest absolute Gasteiger partial charge is 0.381 e. The van der Waals surface area contributed by atoms with E-state index in [9.17, 15) is 8.42 Å². The Labute approximate surface area is 122 Å². The molecule has 1 aliphatic heterocycles. The van der Waals surface area contributed by atoms with Gasteiger partial charge in [0.1, 0.15) is 0 Å². The van der Waals surface area contributed by atoms with Crippen molar-refractivity contribution < 1.29 is 8.42 Å². The quantitative estimate of drug-likeness (QED) is 0.918. The fourth-order valence-corrected chi connectivity index (χ4v) is 5.09. The van der Waals surface area contributed by atoms with E-state index in [1.165, 1.54) is 17.8 Å². The SMILES string of the molecule is Nc1nc2sccn2c1S(=O)(=O)N1CCCCCCC1. The first kappa shape index (κ1) is 13.8. The minimum Gasteiger partial charge on any atom is -0.381 e. The van der Waals surface area contributed by atoms with Crippen molar-refractivity contribution >= 4 is 32.1 Å². The highest BCUT2D eigenvalue weighted by atomic mass is 32.2. The van der Waals surface area contributed by atoms with Crippen molar-refractivity contribution in [1.29, 1.82) is 0 Å². The molecule has 0 saturated carbocycles. The number of hydrogen-bond donors (Lipinski definition) is 1. The zero-order chi connectivity index (χ0) is 14.2. The van der Waals surface area contributed by atoms with Crippen molar-refractivity contribution in [2.45, 2.75) is 37.1 Å². The summed E-state index contributed by atoms with van der Waals surface area (Å²) in [5.74, 6) is 0.0962. The zero-order valence-electron chi connectivity index (χ0n) is 11.2. The molecule has 1 saturated heterocycles. The van der Waals surface area contributed by atoms with Crippen LogP contribution in [0.4, 0.5) is 5.82 Å². The third kappa shape index (κ3) is 2.32. The summed E-state index contributed by atoms with van der Waals surface area (Å²) in [6, 6.07) is 0. The number of aromatic nitrogens is 2. The van der Waals surface area contributed by atoms with Gasteiger partial charge in [-0.25, -0.2) is 13.4 Å².